The van der Waals surface area contributed by atoms with Gasteiger partial charge in [0, 0.05) is 0 Å². The molecule has 0 aromatic carbocycles. The van der Waals surface area contributed by atoms with Gasteiger partial charge < -0.3 is 5.11 Å². The van der Waals surface area contributed by atoms with E-state index in [4.69, 9.17) is 0 Å². The van der Waals surface area contributed by atoms with Gasteiger partial charge in [-0.25, -0.2) is 0 Å². The fourth-order valence-electron chi connectivity index (χ4n) is 1.60. The van der Waals surface area contributed by atoms with Crippen LogP contribution in [-0.2, 0) is 0 Å². The van der Waals surface area contributed by atoms with Gasteiger partial charge in [0.15, 0.2) is 0 Å². The molecule has 0 fully saturated rings. The van der Waals surface area contributed by atoms with Gasteiger partial charge in [0.1, 0.15) is 0 Å². The van der Waals surface area contributed by atoms with Crippen molar-refractivity contribution in [3.8, 4) is 0 Å². The first-order chi connectivity index (χ1) is 5.89. The summed E-state index contributed by atoms with van der Waals surface area (Å²) in [5.74, 6) is 0. The monoisotopic (exact) mass is 180 g/mol. The molecule has 0 radical (unpaired) electrons. The molecule has 0 aliphatic carbocycles. The highest BCUT2D eigenvalue weighted by atomic mass is 16.3. The van der Waals surface area contributed by atoms with E-state index in [9.17, 15) is 5.11 Å². The van der Waals surface area contributed by atoms with E-state index in [-0.39, 0.29) is 0 Å². The highest BCUT2D eigenvalue weighted by molar-refractivity contribution is 5.06. The van der Waals surface area contributed by atoms with Crippen molar-refractivity contribution in [1.82, 2.24) is 0 Å². The van der Waals surface area contributed by atoms with Crippen molar-refractivity contribution in [2.24, 2.45) is 0 Å². The summed E-state index contributed by atoms with van der Waals surface area (Å²) in [6.07, 6.45) is 3.57. The summed E-state index contributed by atoms with van der Waals surface area (Å²) in [7, 11) is 0. The van der Waals surface area contributed by atoms with E-state index in [1.165, 1.54) is 0 Å². The highest BCUT2D eigenvalue weighted by Crippen LogP contribution is 2.26. The minimum atomic E-state index is -0.723. The van der Waals surface area contributed by atoms with Crippen LogP contribution in [0.1, 0.15) is 33.1 Å². The van der Waals surface area contributed by atoms with Gasteiger partial charge in [-0.15, -0.1) is 19.7 Å². The summed E-state index contributed by atoms with van der Waals surface area (Å²) in [5.41, 5.74) is 1.26. The molecule has 0 unspecified atom stereocenters. The lowest BCUT2D eigenvalue weighted by Gasteiger charge is -2.27. The van der Waals surface area contributed by atoms with Crippen molar-refractivity contribution in [3.05, 3.63) is 37.0 Å². The van der Waals surface area contributed by atoms with E-state index in [0.717, 1.165) is 11.1 Å². The molecule has 1 N–H and O–H groups in total. The molecule has 0 saturated heterocycles. The van der Waals surface area contributed by atoms with Crippen LogP contribution in [0.3, 0.4) is 0 Å². The first kappa shape index (κ1) is 12.2. The van der Waals surface area contributed by atoms with Crippen molar-refractivity contribution in [2.45, 2.75) is 38.7 Å². The van der Waals surface area contributed by atoms with E-state index in [0.29, 0.717) is 19.3 Å². The lowest BCUT2D eigenvalue weighted by molar-refractivity contribution is 0.0442. The smallest absolute Gasteiger partial charge is 0.0755 e. The highest BCUT2D eigenvalue weighted by Gasteiger charge is 2.24. The Kier molecular flexibility index (Phi) is 4.71. The molecule has 13 heavy (non-hydrogen) atoms. The molecule has 0 saturated carbocycles. The number of rotatable bonds is 6. The first-order valence-corrected chi connectivity index (χ1v) is 4.51. The van der Waals surface area contributed by atoms with Crippen LogP contribution in [-0.4, -0.2) is 10.7 Å². The van der Waals surface area contributed by atoms with E-state index in [1.54, 1.807) is 6.08 Å². The Labute approximate surface area is 81.5 Å². The fraction of sp³-hybridized carbons (Fsp3) is 0.500. The van der Waals surface area contributed by atoms with Crippen molar-refractivity contribution < 1.29 is 5.11 Å². The zero-order valence-corrected chi connectivity index (χ0v) is 8.77. The van der Waals surface area contributed by atoms with Gasteiger partial charge in [0.05, 0.1) is 5.60 Å². The standard InChI is InChI=1S/C12H20O/c1-6-7-12(13,8-10(2)3)9-11(4)5/h6,13H,1-2,4,7-9H2,3,5H3. The van der Waals surface area contributed by atoms with Gasteiger partial charge in [-0.1, -0.05) is 17.2 Å². The largest absolute Gasteiger partial charge is 0.389 e. The maximum Gasteiger partial charge on any atom is 0.0755 e. The van der Waals surface area contributed by atoms with Crippen LogP contribution >= 0.6 is 0 Å². The average molecular weight is 180 g/mol. The summed E-state index contributed by atoms with van der Waals surface area (Å²) in [5, 5.41) is 10.2. The third-order valence-electron chi connectivity index (χ3n) is 1.79. The van der Waals surface area contributed by atoms with Gasteiger partial charge in [-0.2, -0.15) is 0 Å². The maximum absolute atomic E-state index is 10.2. The maximum atomic E-state index is 10.2. The molecule has 0 heterocycles. The van der Waals surface area contributed by atoms with Crippen molar-refractivity contribution in [3.63, 3.8) is 0 Å². The second-order valence-electron chi connectivity index (χ2n) is 3.98. The topological polar surface area (TPSA) is 20.2 Å². The lowest BCUT2D eigenvalue weighted by atomic mass is 9.86. The predicted molar refractivity (Wildman–Crippen MR) is 58.6 cm³/mol. The Bertz CT molecular complexity index is 197. The Morgan fingerprint density at radius 1 is 1.23 bits per heavy atom. The van der Waals surface area contributed by atoms with Gasteiger partial charge in [0.2, 0.25) is 0 Å². The SMILES string of the molecule is C=CCC(O)(CC(=C)C)CC(=C)C. The van der Waals surface area contributed by atoms with Gasteiger partial charge >= 0.3 is 0 Å². The van der Waals surface area contributed by atoms with Crippen LogP contribution in [0.4, 0.5) is 0 Å². The summed E-state index contributed by atoms with van der Waals surface area (Å²) < 4.78 is 0. The predicted octanol–water partition coefficient (Wildman–Crippen LogP) is 3.23. The zero-order valence-electron chi connectivity index (χ0n) is 8.77. The molecule has 0 rings (SSSR count). The van der Waals surface area contributed by atoms with Crippen molar-refractivity contribution >= 4 is 0 Å². The van der Waals surface area contributed by atoms with Crippen LogP contribution in [0.25, 0.3) is 0 Å². The summed E-state index contributed by atoms with van der Waals surface area (Å²) >= 11 is 0. The number of hydrogen-bond donors (Lipinski definition) is 1. The van der Waals surface area contributed by atoms with Crippen molar-refractivity contribution in [2.75, 3.05) is 0 Å². The van der Waals surface area contributed by atoms with Crippen LogP contribution in [0, 0.1) is 0 Å². The third kappa shape index (κ3) is 5.42. The summed E-state index contributed by atoms with van der Waals surface area (Å²) in [6.45, 7) is 15.1. The average Bonchev–Trinajstić information content (AvgIpc) is 1.81. The van der Waals surface area contributed by atoms with Crippen LogP contribution < -0.4 is 0 Å². The molecule has 1 heteroatoms. The Hall–Kier alpha value is -0.820. The fourth-order valence-corrected chi connectivity index (χ4v) is 1.60. The van der Waals surface area contributed by atoms with E-state index in [1.807, 2.05) is 13.8 Å². The summed E-state index contributed by atoms with van der Waals surface area (Å²) in [4.78, 5) is 0. The van der Waals surface area contributed by atoms with Gasteiger partial charge in [-0.3, -0.25) is 0 Å². The minimum Gasteiger partial charge on any atom is -0.389 e. The molecule has 0 spiro atoms. The summed E-state index contributed by atoms with van der Waals surface area (Å²) in [6, 6.07) is 0. The second kappa shape index (κ2) is 5.03. The molecule has 0 atom stereocenters. The Morgan fingerprint density at radius 2 is 1.62 bits per heavy atom. The molecule has 0 aromatic rings. The number of aliphatic hydroxyl groups is 1. The van der Waals surface area contributed by atoms with E-state index < -0.39 is 5.60 Å². The molecule has 0 aliphatic rings. The molecule has 74 valence electrons. The molecule has 1 nitrogen and oxygen atoms in total. The second-order valence-corrected chi connectivity index (χ2v) is 3.98. The number of hydrogen-bond acceptors (Lipinski definition) is 1. The molecule has 0 aromatic heterocycles. The van der Waals surface area contributed by atoms with Gasteiger partial charge in [-0.05, 0) is 33.1 Å². The zero-order chi connectivity index (χ0) is 10.5. The van der Waals surface area contributed by atoms with Crippen molar-refractivity contribution in [1.29, 1.82) is 0 Å². The molecular formula is C12H20O. The Morgan fingerprint density at radius 3 is 1.85 bits per heavy atom. The molecular weight excluding hydrogens is 160 g/mol. The van der Waals surface area contributed by atoms with E-state index >= 15 is 0 Å². The molecule has 0 bridgehead atoms. The normalized spacial score (nSPS) is 11.0. The van der Waals surface area contributed by atoms with Gasteiger partial charge in [0.25, 0.3) is 0 Å². The van der Waals surface area contributed by atoms with Crippen LogP contribution in [0.5, 0.6) is 0 Å². The van der Waals surface area contributed by atoms with E-state index in [2.05, 4.69) is 19.7 Å². The Balaban J connectivity index is 4.40. The molecule has 0 amide bonds. The quantitative estimate of drug-likeness (QED) is 0.622. The molecule has 0 aliphatic heterocycles. The van der Waals surface area contributed by atoms with Crippen LogP contribution in [0.15, 0.2) is 37.0 Å². The van der Waals surface area contributed by atoms with Crippen LogP contribution in [0.2, 0.25) is 0 Å². The third-order valence-corrected chi connectivity index (χ3v) is 1.79. The lowest BCUT2D eigenvalue weighted by Crippen LogP contribution is -2.28. The minimum absolute atomic E-state index is 0.590. The first-order valence-electron chi connectivity index (χ1n) is 4.51.